The summed E-state index contributed by atoms with van der Waals surface area (Å²) in [6.45, 7) is 0. The molecule has 0 fully saturated rings. The number of anilines is 1. The molecule has 4 N–H and O–H groups in total. The minimum atomic E-state index is -4.66. The number of hydrogen-bond acceptors (Lipinski definition) is 3. The lowest BCUT2D eigenvalue weighted by molar-refractivity contribution is -0.139. The highest BCUT2D eigenvalue weighted by atomic mass is 79.9. The first-order valence-corrected chi connectivity index (χ1v) is 6.05. The number of halogens is 4. The van der Waals surface area contributed by atoms with E-state index in [1.165, 1.54) is 6.07 Å². The molecule has 1 aromatic rings. The molecule has 110 valence electrons. The third kappa shape index (κ3) is 4.49. The second kappa shape index (κ2) is 6.23. The first-order chi connectivity index (χ1) is 9.11. The molecule has 5 nitrogen and oxygen atoms in total. The van der Waals surface area contributed by atoms with Gasteiger partial charge >= 0.3 is 12.1 Å². The third-order valence-corrected chi connectivity index (χ3v) is 2.77. The largest absolute Gasteiger partial charge is 0.481 e. The minimum Gasteiger partial charge on any atom is -0.481 e. The summed E-state index contributed by atoms with van der Waals surface area (Å²) in [5, 5.41) is 10.5. The molecule has 0 heterocycles. The Morgan fingerprint density at radius 2 is 2.00 bits per heavy atom. The van der Waals surface area contributed by atoms with Gasteiger partial charge in [-0.2, -0.15) is 13.2 Å². The number of carbonyl (C=O) groups excluding carboxylic acids is 1. The Hall–Kier alpha value is -1.61. The number of hydrogen-bond donors (Lipinski definition) is 3. The number of nitrogens with two attached hydrogens (primary N) is 1. The van der Waals surface area contributed by atoms with Crippen molar-refractivity contribution in [1.29, 1.82) is 0 Å². The molecule has 0 radical (unpaired) electrons. The van der Waals surface area contributed by atoms with Crippen molar-refractivity contribution >= 4 is 33.5 Å². The van der Waals surface area contributed by atoms with E-state index in [2.05, 4.69) is 15.9 Å². The molecule has 1 unspecified atom stereocenters. The number of carboxylic acids is 1. The zero-order valence-electron chi connectivity index (χ0n) is 9.87. The maximum absolute atomic E-state index is 12.8. The van der Waals surface area contributed by atoms with Crippen LogP contribution in [0.25, 0.3) is 0 Å². The standard InChI is InChI=1S/C11H10BrF3N2O3/c12-5-1-2-8(6(3-5)11(13,14)15)17-10(20)7(16)4-9(18)19/h1-3,7H,4,16H2,(H,17,20)(H,18,19). The summed E-state index contributed by atoms with van der Waals surface area (Å²) in [4.78, 5) is 21.9. The van der Waals surface area contributed by atoms with Crippen molar-refractivity contribution in [3.63, 3.8) is 0 Å². The molecular formula is C11H10BrF3N2O3. The van der Waals surface area contributed by atoms with Crippen LogP contribution in [0.4, 0.5) is 18.9 Å². The van der Waals surface area contributed by atoms with Crippen molar-refractivity contribution in [1.82, 2.24) is 0 Å². The van der Waals surface area contributed by atoms with Gasteiger partial charge in [-0.25, -0.2) is 0 Å². The van der Waals surface area contributed by atoms with E-state index in [4.69, 9.17) is 10.8 Å². The predicted molar refractivity (Wildman–Crippen MR) is 68.0 cm³/mol. The number of amides is 1. The second-order valence-corrected chi connectivity index (χ2v) is 4.80. The molecular weight excluding hydrogens is 345 g/mol. The molecule has 1 atom stereocenters. The van der Waals surface area contributed by atoms with Crippen LogP contribution >= 0.6 is 15.9 Å². The van der Waals surface area contributed by atoms with Gasteiger partial charge in [0, 0.05) is 4.47 Å². The van der Waals surface area contributed by atoms with Crippen molar-refractivity contribution in [2.45, 2.75) is 18.6 Å². The van der Waals surface area contributed by atoms with Crippen LogP contribution in [0.15, 0.2) is 22.7 Å². The van der Waals surface area contributed by atoms with E-state index < -0.39 is 41.8 Å². The molecule has 0 saturated heterocycles. The van der Waals surface area contributed by atoms with Gasteiger partial charge in [-0.15, -0.1) is 0 Å². The van der Waals surface area contributed by atoms with Gasteiger partial charge in [0.15, 0.2) is 0 Å². The number of carboxylic acid groups (broad SMARTS) is 1. The Bertz CT molecular complexity index is 534. The topological polar surface area (TPSA) is 92.4 Å². The molecule has 0 aromatic heterocycles. The van der Waals surface area contributed by atoms with E-state index in [1.807, 2.05) is 5.32 Å². The van der Waals surface area contributed by atoms with Gasteiger partial charge in [0.1, 0.15) is 0 Å². The van der Waals surface area contributed by atoms with Crippen LogP contribution in [-0.2, 0) is 15.8 Å². The fraction of sp³-hybridized carbons (Fsp3) is 0.273. The van der Waals surface area contributed by atoms with Gasteiger partial charge in [-0.1, -0.05) is 15.9 Å². The maximum Gasteiger partial charge on any atom is 0.418 e. The number of carbonyl (C=O) groups is 2. The van der Waals surface area contributed by atoms with Gasteiger partial charge in [0.25, 0.3) is 0 Å². The number of aliphatic carboxylic acids is 1. The fourth-order valence-electron chi connectivity index (χ4n) is 1.37. The molecule has 0 spiro atoms. The average molecular weight is 355 g/mol. The highest BCUT2D eigenvalue weighted by molar-refractivity contribution is 9.10. The van der Waals surface area contributed by atoms with Crippen LogP contribution in [0.3, 0.4) is 0 Å². The minimum absolute atomic E-state index is 0.192. The van der Waals surface area contributed by atoms with Crippen molar-refractivity contribution in [3.8, 4) is 0 Å². The molecule has 1 aromatic carbocycles. The van der Waals surface area contributed by atoms with Crippen LogP contribution in [0.1, 0.15) is 12.0 Å². The molecule has 0 saturated carbocycles. The Morgan fingerprint density at radius 3 is 2.50 bits per heavy atom. The molecule has 1 amide bonds. The first kappa shape index (κ1) is 16.4. The third-order valence-electron chi connectivity index (χ3n) is 2.28. The number of alkyl halides is 3. The van der Waals surface area contributed by atoms with E-state index in [0.29, 0.717) is 0 Å². The summed E-state index contributed by atoms with van der Waals surface area (Å²) in [5.41, 5.74) is 3.74. The molecule has 0 aliphatic rings. The Labute approximate surface area is 120 Å². The van der Waals surface area contributed by atoms with Crippen LogP contribution in [0, 0.1) is 0 Å². The lowest BCUT2D eigenvalue weighted by Crippen LogP contribution is -2.37. The Morgan fingerprint density at radius 1 is 1.40 bits per heavy atom. The van der Waals surface area contributed by atoms with Gasteiger partial charge in [-0.3, -0.25) is 9.59 Å². The average Bonchev–Trinajstić information content (AvgIpc) is 2.29. The van der Waals surface area contributed by atoms with Crippen molar-refractivity contribution in [2.24, 2.45) is 5.73 Å². The van der Waals surface area contributed by atoms with Gasteiger partial charge in [-0.05, 0) is 18.2 Å². The van der Waals surface area contributed by atoms with Gasteiger partial charge < -0.3 is 16.2 Å². The Kier molecular flexibility index (Phi) is 5.12. The number of nitrogens with one attached hydrogen (secondary N) is 1. The van der Waals surface area contributed by atoms with Crippen molar-refractivity contribution in [2.75, 3.05) is 5.32 Å². The summed E-state index contributed by atoms with van der Waals surface area (Å²) in [6, 6.07) is 1.74. The molecule has 9 heteroatoms. The molecule has 0 bridgehead atoms. The SMILES string of the molecule is NC(CC(=O)O)C(=O)Nc1ccc(Br)cc1C(F)(F)F. The van der Waals surface area contributed by atoms with Crippen molar-refractivity contribution < 1.29 is 27.9 Å². The first-order valence-electron chi connectivity index (χ1n) is 5.26. The zero-order valence-corrected chi connectivity index (χ0v) is 11.5. The van der Waals surface area contributed by atoms with E-state index in [9.17, 15) is 22.8 Å². The number of benzene rings is 1. The fourth-order valence-corrected chi connectivity index (χ4v) is 1.73. The normalized spacial score (nSPS) is 12.8. The number of rotatable bonds is 4. The van der Waals surface area contributed by atoms with Crippen LogP contribution < -0.4 is 11.1 Å². The van der Waals surface area contributed by atoms with E-state index in [-0.39, 0.29) is 4.47 Å². The van der Waals surface area contributed by atoms with Crippen LogP contribution in [-0.4, -0.2) is 23.0 Å². The quantitative estimate of drug-likeness (QED) is 0.772. The predicted octanol–water partition coefficient (Wildman–Crippen LogP) is 2.21. The maximum atomic E-state index is 12.8. The van der Waals surface area contributed by atoms with Crippen molar-refractivity contribution in [3.05, 3.63) is 28.2 Å². The second-order valence-electron chi connectivity index (χ2n) is 3.88. The summed E-state index contributed by atoms with van der Waals surface area (Å²) in [5.74, 6) is -2.32. The van der Waals surface area contributed by atoms with Gasteiger partial charge in [0.2, 0.25) is 5.91 Å². The lowest BCUT2D eigenvalue weighted by atomic mass is 10.1. The van der Waals surface area contributed by atoms with E-state index in [1.54, 1.807) is 0 Å². The van der Waals surface area contributed by atoms with Crippen LogP contribution in [0.2, 0.25) is 0 Å². The summed E-state index contributed by atoms with van der Waals surface area (Å²) >= 11 is 2.90. The Balaban J connectivity index is 2.98. The smallest absolute Gasteiger partial charge is 0.418 e. The van der Waals surface area contributed by atoms with E-state index >= 15 is 0 Å². The summed E-state index contributed by atoms with van der Waals surface area (Å²) in [6.07, 6.45) is -5.34. The zero-order chi connectivity index (χ0) is 15.5. The molecule has 1 rings (SSSR count). The molecule has 20 heavy (non-hydrogen) atoms. The lowest BCUT2D eigenvalue weighted by Gasteiger charge is -2.16. The molecule has 0 aliphatic heterocycles. The van der Waals surface area contributed by atoms with E-state index in [0.717, 1.165) is 12.1 Å². The molecule has 0 aliphatic carbocycles. The monoisotopic (exact) mass is 354 g/mol. The van der Waals surface area contributed by atoms with Gasteiger partial charge in [0.05, 0.1) is 23.7 Å². The highest BCUT2D eigenvalue weighted by Gasteiger charge is 2.34. The van der Waals surface area contributed by atoms with Crippen LogP contribution in [0.5, 0.6) is 0 Å². The summed E-state index contributed by atoms with van der Waals surface area (Å²) in [7, 11) is 0. The highest BCUT2D eigenvalue weighted by Crippen LogP contribution is 2.36. The summed E-state index contributed by atoms with van der Waals surface area (Å²) < 4.78 is 38.6.